The lowest BCUT2D eigenvalue weighted by Crippen LogP contribution is -2.37. The van der Waals surface area contributed by atoms with E-state index in [9.17, 15) is 8.42 Å². The zero-order chi connectivity index (χ0) is 13.2. The molecule has 1 aromatic rings. The first-order valence-electron chi connectivity index (χ1n) is 5.95. The van der Waals surface area contributed by atoms with Gasteiger partial charge in [-0.3, -0.25) is 4.98 Å². The van der Waals surface area contributed by atoms with Crippen LogP contribution in [0.2, 0.25) is 0 Å². The number of hydrogen-bond donors (Lipinski definition) is 1. The maximum Gasteiger partial charge on any atom is 0.211 e. The minimum Gasteiger partial charge on any atom is -0.372 e. The third-order valence-electron chi connectivity index (χ3n) is 3.25. The molecular formula is C11H18N4O2S. The van der Waals surface area contributed by atoms with E-state index >= 15 is 0 Å². The molecule has 0 atom stereocenters. The predicted octanol–water partition coefficient (Wildman–Crippen LogP) is 0.657. The summed E-state index contributed by atoms with van der Waals surface area (Å²) >= 11 is 0. The summed E-state index contributed by atoms with van der Waals surface area (Å²) in [6.07, 6.45) is 6.30. The molecule has 18 heavy (non-hydrogen) atoms. The van der Waals surface area contributed by atoms with Crippen LogP contribution in [-0.2, 0) is 10.0 Å². The molecule has 0 spiro atoms. The van der Waals surface area contributed by atoms with Gasteiger partial charge in [0.2, 0.25) is 10.0 Å². The third kappa shape index (κ3) is 2.97. The number of rotatable bonds is 3. The first-order chi connectivity index (χ1) is 8.50. The van der Waals surface area contributed by atoms with Crippen LogP contribution in [0.5, 0.6) is 0 Å². The Morgan fingerprint density at radius 2 is 2.00 bits per heavy atom. The lowest BCUT2D eigenvalue weighted by Gasteiger charge is -2.29. The Balaban J connectivity index is 2.05. The van der Waals surface area contributed by atoms with Gasteiger partial charge in [-0.2, -0.15) is 0 Å². The molecule has 6 nitrogen and oxygen atoms in total. The number of nitrogens with zero attached hydrogens (tertiary/aromatic N) is 3. The van der Waals surface area contributed by atoms with Gasteiger partial charge in [-0.15, -0.1) is 0 Å². The van der Waals surface area contributed by atoms with Crippen molar-refractivity contribution in [3.05, 3.63) is 18.1 Å². The molecule has 1 aliphatic heterocycles. The summed E-state index contributed by atoms with van der Waals surface area (Å²) in [5, 5.41) is 2.96. The second-order valence-corrected chi connectivity index (χ2v) is 6.50. The molecule has 100 valence electrons. The van der Waals surface area contributed by atoms with E-state index in [1.807, 2.05) is 0 Å². The Morgan fingerprint density at radius 1 is 1.33 bits per heavy atom. The van der Waals surface area contributed by atoms with Crippen molar-refractivity contribution in [2.24, 2.45) is 0 Å². The van der Waals surface area contributed by atoms with Gasteiger partial charge in [-0.05, 0) is 12.8 Å². The Labute approximate surface area is 107 Å². The first kappa shape index (κ1) is 13.2. The quantitative estimate of drug-likeness (QED) is 0.873. The minimum atomic E-state index is -3.06. The van der Waals surface area contributed by atoms with Crippen molar-refractivity contribution < 1.29 is 8.42 Å². The number of aromatic nitrogens is 2. The molecule has 0 unspecified atom stereocenters. The lowest BCUT2D eigenvalue weighted by molar-refractivity contribution is 0.318. The molecular weight excluding hydrogens is 252 g/mol. The minimum absolute atomic E-state index is 0.295. The second-order valence-electron chi connectivity index (χ2n) is 4.52. The molecule has 1 saturated heterocycles. The number of anilines is 1. The highest BCUT2D eigenvalue weighted by Gasteiger charge is 2.26. The van der Waals surface area contributed by atoms with Crippen molar-refractivity contribution in [1.82, 2.24) is 14.3 Å². The third-order valence-corrected chi connectivity index (χ3v) is 4.55. The van der Waals surface area contributed by atoms with Crippen LogP contribution in [0.1, 0.15) is 24.5 Å². The highest BCUT2D eigenvalue weighted by Crippen LogP contribution is 2.27. The van der Waals surface area contributed by atoms with E-state index in [4.69, 9.17) is 0 Å². The van der Waals surface area contributed by atoms with E-state index < -0.39 is 10.0 Å². The van der Waals surface area contributed by atoms with Crippen LogP contribution < -0.4 is 5.32 Å². The van der Waals surface area contributed by atoms with Gasteiger partial charge in [0, 0.05) is 32.3 Å². The van der Waals surface area contributed by atoms with E-state index in [1.54, 1.807) is 19.4 Å². The monoisotopic (exact) mass is 270 g/mol. The van der Waals surface area contributed by atoms with Crippen LogP contribution in [0.4, 0.5) is 5.82 Å². The fourth-order valence-electron chi connectivity index (χ4n) is 2.18. The largest absolute Gasteiger partial charge is 0.372 e. The highest BCUT2D eigenvalue weighted by molar-refractivity contribution is 7.88. The molecule has 0 amide bonds. The summed E-state index contributed by atoms with van der Waals surface area (Å²) in [6, 6.07) is 0. The normalized spacial score (nSPS) is 18.8. The molecule has 0 radical (unpaired) electrons. The molecule has 0 saturated carbocycles. The van der Waals surface area contributed by atoms with Gasteiger partial charge in [0.1, 0.15) is 5.82 Å². The van der Waals surface area contributed by atoms with Crippen LogP contribution in [-0.4, -0.2) is 49.1 Å². The van der Waals surface area contributed by atoms with Crippen LogP contribution in [0, 0.1) is 0 Å². The Morgan fingerprint density at radius 3 is 2.56 bits per heavy atom. The summed E-state index contributed by atoms with van der Waals surface area (Å²) < 4.78 is 24.4. The molecule has 7 heteroatoms. The van der Waals surface area contributed by atoms with E-state index in [1.165, 1.54) is 10.6 Å². The van der Waals surface area contributed by atoms with Crippen LogP contribution >= 0.6 is 0 Å². The number of piperidine rings is 1. The average molecular weight is 270 g/mol. The van der Waals surface area contributed by atoms with Gasteiger partial charge in [-0.1, -0.05) is 0 Å². The molecule has 1 fully saturated rings. The lowest BCUT2D eigenvalue weighted by atomic mass is 9.95. The zero-order valence-corrected chi connectivity index (χ0v) is 11.4. The SMILES string of the molecule is CNc1cncc(C2CCN(S(C)(=O)=O)CC2)n1. The van der Waals surface area contributed by atoms with Gasteiger partial charge < -0.3 is 5.32 Å². The fourth-order valence-corrected chi connectivity index (χ4v) is 3.06. The van der Waals surface area contributed by atoms with Gasteiger partial charge >= 0.3 is 0 Å². The van der Waals surface area contributed by atoms with Gasteiger partial charge in [0.25, 0.3) is 0 Å². The van der Waals surface area contributed by atoms with E-state index in [-0.39, 0.29) is 0 Å². The van der Waals surface area contributed by atoms with Crippen molar-refractivity contribution >= 4 is 15.8 Å². The van der Waals surface area contributed by atoms with E-state index in [0.29, 0.717) is 19.0 Å². The first-order valence-corrected chi connectivity index (χ1v) is 7.80. The number of hydrogen-bond acceptors (Lipinski definition) is 5. The number of nitrogens with one attached hydrogen (secondary N) is 1. The van der Waals surface area contributed by atoms with Crippen molar-refractivity contribution in [3.8, 4) is 0 Å². The van der Waals surface area contributed by atoms with Gasteiger partial charge in [-0.25, -0.2) is 17.7 Å². The van der Waals surface area contributed by atoms with Crippen molar-refractivity contribution in [3.63, 3.8) is 0 Å². The van der Waals surface area contributed by atoms with Crippen LogP contribution in [0.3, 0.4) is 0 Å². The Kier molecular flexibility index (Phi) is 3.82. The van der Waals surface area contributed by atoms with Crippen LogP contribution in [0.15, 0.2) is 12.4 Å². The molecule has 2 rings (SSSR count). The highest BCUT2D eigenvalue weighted by atomic mass is 32.2. The fraction of sp³-hybridized carbons (Fsp3) is 0.636. The summed E-state index contributed by atoms with van der Waals surface area (Å²) in [5.74, 6) is 1.04. The van der Waals surface area contributed by atoms with Crippen molar-refractivity contribution in [1.29, 1.82) is 0 Å². The van der Waals surface area contributed by atoms with Crippen LogP contribution in [0.25, 0.3) is 0 Å². The summed E-state index contributed by atoms with van der Waals surface area (Å²) in [5.41, 5.74) is 0.940. The molecule has 1 N–H and O–H groups in total. The molecule has 0 aromatic carbocycles. The smallest absolute Gasteiger partial charge is 0.211 e. The maximum absolute atomic E-state index is 11.4. The molecule has 0 aliphatic carbocycles. The van der Waals surface area contributed by atoms with E-state index in [2.05, 4.69) is 15.3 Å². The van der Waals surface area contributed by atoms with Crippen molar-refractivity contribution in [2.45, 2.75) is 18.8 Å². The molecule has 1 aromatic heterocycles. The number of sulfonamides is 1. The summed E-state index contributed by atoms with van der Waals surface area (Å²) in [4.78, 5) is 8.60. The van der Waals surface area contributed by atoms with Crippen molar-refractivity contribution in [2.75, 3.05) is 31.7 Å². The zero-order valence-electron chi connectivity index (χ0n) is 10.6. The van der Waals surface area contributed by atoms with Gasteiger partial charge in [0.05, 0.1) is 18.1 Å². The maximum atomic E-state index is 11.4. The molecule has 1 aliphatic rings. The predicted molar refractivity (Wildman–Crippen MR) is 70.0 cm³/mol. The second kappa shape index (κ2) is 5.19. The molecule has 0 bridgehead atoms. The Hall–Kier alpha value is -1.21. The average Bonchev–Trinajstić information content (AvgIpc) is 2.38. The van der Waals surface area contributed by atoms with Gasteiger partial charge in [0.15, 0.2) is 0 Å². The summed E-state index contributed by atoms with van der Waals surface area (Å²) in [7, 11) is -1.25. The molecule has 2 heterocycles. The standard InChI is InChI=1S/C11H18N4O2S/c1-12-11-8-13-7-10(14-11)9-3-5-15(6-4-9)18(2,16)17/h7-9H,3-6H2,1-2H3,(H,12,14). The topological polar surface area (TPSA) is 75.2 Å². The Bertz CT molecular complexity index is 510. The summed E-state index contributed by atoms with van der Waals surface area (Å²) in [6.45, 7) is 1.13. The van der Waals surface area contributed by atoms with E-state index in [0.717, 1.165) is 24.4 Å².